The standard InChI is InChI=1S/C21H19FN4O2/c22-18-4-2-1-3-17(18)21(27)23-16-7-5-15(6-8-16)19-9-10-20(25-24-19)26-11-13-28-14-12-26/h1-10H,11-14H2,(H,23,27). The monoisotopic (exact) mass is 378 g/mol. The summed E-state index contributed by atoms with van der Waals surface area (Å²) in [5.74, 6) is -0.200. The molecule has 4 rings (SSSR count). The van der Waals surface area contributed by atoms with E-state index in [2.05, 4.69) is 20.4 Å². The number of halogens is 1. The van der Waals surface area contributed by atoms with Gasteiger partial charge in [-0.15, -0.1) is 10.2 Å². The van der Waals surface area contributed by atoms with Crippen molar-refractivity contribution in [1.82, 2.24) is 10.2 Å². The Kier molecular flexibility index (Phi) is 5.25. The third-order valence-corrected chi connectivity index (χ3v) is 4.54. The van der Waals surface area contributed by atoms with Gasteiger partial charge in [0.05, 0.1) is 24.5 Å². The quantitative estimate of drug-likeness (QED) is 0.754. The van der Waals surface area contributed by atoms with Gasteiger partial charge in [0.1, 0.15) is 5.82 Å². The lowest BCUT2D eigenvalue weighted by atomic mass is 10.1. The van der Waals surface area contributed by atoms with Crippen LogP contribution in [-0.2, 0) is 4.74 Å². The molecular weight excluding hydrogens is 359 g/mol. The summed E-state index contributed by atoms with van der Waals surface area (Å²) in [6.45, 7) is 3.02. The van der Waals surface area contributed by atoms with Gasteiger partial charge in [-0.25, -0.2) is 4.39 Å². The first-order chi connectivity index (χ1) is 13.7. The topological polar surface area (TPSA) is 67.4 Å². The molecular formula is C21H19FN4O2. The number of carbonyl (C=O) groups excluding carboxylic acids is 1. The molecule has 28 heavy (non-hydrogen) atoms. The van der Waals surface area contributed by atoms with Crippen LogP contribution in [0.2, 0.25) is 0 Å². The smallest absolute Gasteiger partial charge is 0.258 e. The Morgan fingerprint density at radius 2 is 1.71 bits per heavy atom. The van der Waals surface area contributed by atoms with Gasteiger partial charge in [-0.05, 0) is 36.4 Å². The first-order valence-electron chi connectivity index (χ1n) is 9.03. The summed E-state index contributed by atoms with van der Waals surface area (Å²) in [6.07, 6.45) is 0. The Morgan fingerprint density at radius 3 is 2.39 bits per heavy atom. The second kappa shape index (κ2) is 8.14. The highest BCUT2D eigenvalue weighted by molar-refractivity contribution is 6.04. The SMILES string of the molecule is O=C(Nc1ccc(-c2ccc(N3CCOCC3)nn2)cc1)c1ccccc1F. The number of hydrogen-bond acceptors (Lipinski definition) is 5. The van der Waals surface area contributed by atoms with Gasteiger partial charge in [-0.2, -0.15) is 0 Å². The average Bonchev–Trinajstić information content (AvgIpc) is 2.75. The van der Waals surface area contributed by atoms with Gasteiger partial charge in [0, 0.05) is 24.3 Å². The number of benzene rings is 2. The van der Waals surface area contributed by atoms with Crippen LogP contribution in [0.4, 0.5) is 15.9 Å². The highest BCUT2D eigenvalue weighted by Gasteiger charge is 2.13. The van der Waals surface area contributed by atoms with E-state index in [1.807, 2.05) is 24.3 Å². The van der Waals surface area contributed by atoms with Crippen molar-refractivity contribution in [3.8, 4) is 11.3 Å². The summed E-state index contributed by atoms with van der Waals surface area (Å²) >= 11 is 0. The molecule has 1 aliphatic heterocycles. The molecule has 1 aromatic heterocycles. The molecule has 2 heterocycles. The molecule has 7 heteroatoms. The maximum absolute atomic E-state index is 13.7. The van der Waals surface area contributed by atoms with Crippen LogP contribution in [0.5, 0.6) is 0 Å². The van der Waals surface area contributed by atoms with E-state index >= 15 is 0 Å². The van der Waals surface area contributed by atoms with E-state index in [1.54, 1.807) is 24.3 Å². The molecule has 1 amide bonds. The fraction of sp³-hybridized carbons (Fsp3) is 0.190. The predicted molar refractivity (Wildman–Crippen MR) is 105 cm³/mol. The number of morpholine rings is 1. The molecule has 0 aliphatic carbocycles. The predicted octanol–water partition coefficient (Wildman–Crippen LogP) is 3.37. The molecule has 1 saturated heterocycles. The van der Waals surface area contributed by atoms with Crippen molar-refractivity contribution in [2.75, 3.05) is 36.5 Å². The van der Waals surface area contributed by atoms with Crippen LogP contribution in [0.3, 0.4) is 0 Å². The van der Waals surface area contributed by atoms with Gasteiger partial charge in [-0.3, -0.25) is 4.79 Å². The molecule has 0 radical (unpaired) electrons. The molecule has 0 atom stereocenters. The Morgan fingerprint density at radius 1 is 0.964 bits per heavy atom. The number of nitrogens with zero attached hydrogens (tertiary/aromatic N) is 3. The highest BCUT2D eigenvalue weighted by atomic mass is 19.1. The third kappa shape index (κ3) is 3.99. The van der Waals surface area contributed by atoms with E-state index in [0.29, 0.717) is 18.9 Å². The van der Waals surface area contributed by atoms with Crippen molar-refractivity contribution >= 4 is 17.4 Å². The summed E-state index contributed by atoms with van der Waals surface area (Å²) in [5.41, 5.74) is 2.21. The number of nitrogens with one attached hydrogen (secondary N) is 1. The molecule has 1 N–H and O–H groups in total. The molecule has 3 aromatic rings. The maximum atomic E-state index is 13.7. The Bertz CT molecular complexity index is 955. The van der Waals surface area contributed by atoms with Crippen LogP contribution < -0.4 is 10.2 Å². The highest BCUT2D eigenvalue weighted by Crippen LogP contribution is 2.21. The molecule has 1 fully saturated rings. The van der Waals surface area contributed by atoms with Crippen molar-refractivity contribution in [2.45, 2.75) is 0 Å². The fourth-order valence-electron chi connectivity index (χ4n) is 3.01. The van der Waals surface area contributed by atoms with Crippen LogP contribution in [0, 0.1) is 5.82 Å². The van der Waals surface area contributed by atoms with Crippen molar-refractivity contribution in [2.24, 2.45) is 0 Å². The number of anilines is 2. The lowest BCUT2D eigenvalue weighted by Gasteiger charge is -2.27. The van der Waals surface area contributed by atoms with Crippen molar-refractivity contribution < 1.29 is 13.9 Å². The van der Waals surface area contributed by atoms with Gasteiger partial charge in [0.15, 0.2) is 5.82 Å². The van der Waals surface area contributed by atoms with E-state index in [-0.39, 0.29) is 5.56 Å². The lowest BCUT2D eigenvalue weighted by Crippen LogP contribution is -2.36. The largest absolute Gasteiger partial charge is 0.378 e. The maximum Gasteiger partial charge on any atom is 0.258 e. The summed E-state index contributed by atoms with van der Waals surface area (Å²) in [4.78, 5) is 14.3. The number of rotatable bonds is 4. The van der Waals surface area contributed by atoms with Crippen LogP contribution >= 0.6 is 0 Å². The second-order valence-electron chi connectivity index (χ2n) is 6.39. The van der Waals surface area contributed by atoms with Crippen molar-refractivity contribution in [3.63, 3.8) is 0 Å². The number of ether oxygens (including phenoxy) is 1. The van der Waals surface area contributed by atoms with E-state index in [9.17, 15) is 9.18 Å². The van der Waals surface area contributed by atoms with E-state index in [0.717, 1.165) is 30.2 Å². The molecule has 0 spiro atoms. The number of hydrogen-bond donors (Lipinski definition) is 1. The fourth-order valence-corrected chi connectivity index (χ4v) is 3.01. The zero-order valence-corrected chi connectivity index (χ0v) is 15.1. The zero-order chi connectivity index (χ0) is 19.3. The van der Waals surface area contributed by atoms with Crippen LogP contribution in [-0.4, -0.2) is 42.4 Å². The van der Waals surface area contributed by atoms with Crippen molar-refractivity contribution in [1.29, 1.82) is 0 Å². The molecule has 0 bridgehead atoms. The number of aromatic nitrogens is 2. The first-order valence-corrected chi connectivity index (χ1v) is 9.03. The van der Waals surface area contributed by atoms with Crippen LogP contribution in [0.15, 0.2) is 60.7 Å². The summed E-state index contributed by atoms with van der Waals surface area (Å²) in [5, 5.41) is 11.3. The van der Waals surface area contributed by atoms with E-state index in [1.165, 1.54) is 12.1 Å². The van der Waals surface area contributed by atoms with Gasteiger partial charge >= 0.3 is 0 Å². The third-order valence-electron chi connectivity index (χ3n) is 4.54. The average molecular weight is 378 g/mol. The molecule has 6 nitrogen and oxygen atoms in total. The van der Waals surface area contributed by atoms with Gasteiger partial charge in [-0.1, -0.05) is 24.3 Å². The molecule has 1 aliphatic rings. The first kappa shape index (κ1) is 18.1. The van der Waals surface area contributed by atoms with Crippen LogP contribution in [0.1, 0.15) is 10.4 Å². The normalized spacial score (nSPS) is 14.0. The van der Waals surface area contributed by atoms with E-state index in [4.69, 9.17) is 4.74 Å². The van der Waals surface area contributed by atoms with Crippen molar-refractivity contribution in [3.05, 3.63) is 72.0 Å². The van der Waals surface area contributed by atoms with E-state index < -0.39 is 11.7 Å². The minimum atomic E-state index is -0.549. The molecule has 142 valence electrons. The Balaban J connectivity index is 1.44. The number of carbonyl (C=O) groups is 1. The summed E-state index contributed by atoms with van der Waals surface area (Å²) in [7, 11) is 0. The minimum absolute atomic E-state index is 0.0103. The minimum Gasteiger partial charge on any atom is -0.378 e. The zero-order valence-electron chi connectivity index (χ0n) is 15.1. The molecule has 2 aromatic carbocycles. The Hall–Kier alpha value is -3.32. The van der Waals surface area contributed by atoms with Gasteiger partial charge < -0.3 is 15.0 Å². The molecule has 0 unspecified atom stereocenters. The van der Waals surface area contributed by atoms with Gasteiger partial charge in [0.2, 0.25) is 0 Å². The van der Waals surface area contributed by atoms with Gasteiger partial charge in [0.25, 0.3) is 5.91 Å². The lowest BCUT2D eigenvalue weighted by molar-refractivity contribution is 0.102. The van der Waals surface area contributed by atoms with Crippen LogP contribution in [0.25, 0.3) is 11.3 Å². The Labute approximate surface area is 162 Å². The number of amides is 1. The second-order valence-corrected chi connectivity index (χ2v) is 6.39. The summed E-state index contributed by atoms with van der Waals surface area (Å²) in [6, 6.07) is 16.9. The summed E-state index contributed by atoms with van der Waals surface area (Å²) < 4.78 is 19.1. The molecule has 0 saturated carbocycles.